The van der Waals surface area contributed by atoms with Gasteiger partial charge in [-0.15, -0.1) is 0 Å². The summed E-state index contributed by atoms with van der Waals surface area (Å²) in [4.78, 5) is 24.7. The van der Waals surface area contributed by atoms with Gasteiger partial charge < -0.3 is 15.4 Å². The van der Waals surface area contributed by atoms with Crippen molar-refractivity contribution in [3.8, 4) is 5.75 Å². The first-order valence-corrected chi connectivity index (χ1v) is 9.81. The van der Waals surface area contributed by atoms with E-state index in [0.29, 0.717) is 24.4 Å². The molecular weight excluding hydrogens is 380 g/mol. The number of hydrogen-bond acceptors (Lipinski definition) is 4. The Morgan fingerprint density at radius 2 is 1.70 bits per heavy atom. The van der Waals surface area contributed by atoms with E-state index in [2.05, 4.69) is 15.7 Å². The molecule has 3 aromatic rings. The largest absolute Gasteiger partial charge is 0.488 e. The lowest BCUT2D eigenvalue weighted by atomic mass is 10.1. The number of ether oxygens (including phenoxy) is 1. The van der Waals surface area contributed by atoms with Gasteiger partial charge in [0.1, 0.15) is 12.4 Å². The number of carbonyl (C=O) groups excluding carboxylic acids is 2. The van der Waals surface area contributed by atoms with E-state index in [1.54, 1.807) is 23.0 Å². The van der Waals surface area contributed by atoms with E-state index in [-0.39, 0.29) is 17.5 Å². The molecule has 0 aliphatic carbocycles. The predicted molar refractivity (Wildman–Crippen MR) is 116 cm³/mol. The average Bonchev–Trinajstić information content (AvgIpc) is 3.16. The van der Waals surface area contributed by atoms with E-state index < -0.39 is 0 Å². The lowest BCUT2D eigenvalue weighted by molar-refractivity contribution is 0.0958. The molecule has 7 heteroatoms. The van der Waals surface area contributed by atoms with Gasteiger partial charge in [-0.1, -0.05) is 30.3 Å². The number of nitrogens with one attached hydrogen (secondary N) is 2. The molecule has 0 radical (unpaired) electrons. The molecule has 0 fully saturated rings. The van der Waals surface area contributed by atoms with Gasteiger partial charge in [0.2, 0.25) is 0 Å². The predicted octanol–water partition coefficient (Wildman–Crippen LogP) is 3.71. The van der Waals surface area contributed by atoms with Crippen molar-refractivity contribution in [2.24, 2.45) is 0 Å². The molecule has 3 rings (SSSR count). The van der Waals surface area contributed by atoms with Crippen LogP contribution in [0.1, 0.15) is 44.5 Å². The minimum absolute atomic E-state index is 0.186. The van der Waals surface area contributed by atoms with Crippen LogP contribution in [-0.2, 0) is 13.2 Å². The summed E-state index contributed by atoms with van der Waals surface area (Å²) in [6.45, 7) is 6.95. The number of para-hydroxylation sites is 1. The van der Waals surface area contributed by atoms with E-state index in [0.717, 1.165) is 22.4 Å². The molecule has 0 aliphatic rings. The Morgan fingerprint density at radius 1 is 1.03 bits per heavy atom. The third-order valence-corrected chi connectivity index (χ3v) is 4.78. The van der Waals surface area contributed by atoms with Crippen LogP contribution < -0.4 is 15.4 Å². The number of anilines is 1. The second-order valence-corrected chi connectivity index (χ2v) is 6.99. The van der Waals surface area contributed by atoms with Gasteiger partial charge in [-0.05, 0) is 49.6 Å². The molecule has 0 saturated heterocycles. The highest BCUT2D eigenvalue weighted by atomic mass is 16.5. The molecule has 1 aromatic heterocycles. The van der Waals surface area contributed by atoms with Crippen LogP contribution in [0.2, 0.25) is 0 Å². The SMILES string of the molecule is CCn1cc(NC(=O)c2ccc(COc3c(C)cccc3C)cc2)c(C(=O)NC)n1. The Hall–Kier alpha value is -3.61. The fourth-order valence-corrected chi connectivity index (χ4v) is 3.09. The fourth-order valence-electron chi connectivity index (χ4n) is 3.09. The molecule has 0 spiro atoms. The summed E-state index contributed by atoms with van der Waals surface area (Å²) >= 11 is 0. The molecule has 0 unspecified atom stereocenters. The zero-order valence-corrected chi connectivity index (χ0v) is 17.7. The van der Waals surface area contributed by atoms with E-state index in [4.69, 9.17) is 4.74 Å². The van der Waals surface area contributed by atoms with Crippen molar-refractivity contribution in [1.29, 1.82) is 0 Å². The Kier molecular flexibility index (Phi) is 6.51. The summed E-state index contributed by atoms with van der Waals surface area (Å²) in [5, 5.41) is 9.51. The summed E-state index contributed by atoms with van der Waals surface area (Å²) < 4.78 is 7.57. The highest BCUT2D eigenvalue weighted by Crippen LogP contribution is 2.23. The highest BCUT2D eigenvalue weighted by molar-refractivity contribution is 6.08. The molecule has 1 heterocycles. The van der Waals surface area contributed by atoms with Crippen molar-refractivity contribution in [3.63, 3.8) is 0 Å². The van der Waals surface area contributed by atoms with Crippen LogP contribution in [0.3, 0.4) is 0 Å². The standard InChI is InChI=1S/C23H26N4O3/c1-5-27-13-19(20(26-27)23(29)24-4)25-22(28)18-11-9-17(10-12-18)14-30-21-15(2)7-6-8-16(21)3/h6-13H,5,14H2,1-4H3,(H,24,29)(H,25,28). The summed E-state index contributed by atoms with van der Waals surface area (Å²) in [5.41, 5.74) is 4.18. The van der Waals surface area contributed by atoms with Crippen molar-refractivity contribution >= 4 is 17.5 Å². The number of hydrogen-bond donors (Lipinski definition) is 2. The second kappa shape index (κ2) is 9.26. The first kappa shape index (κ1) is 21.1. The minimum Gasteiger partial charge on any atom is -0.488 e. The topological polar surface area (TPSA) is 85.2 Å². The van der Waals surface area contributed by atoms with Gasteiger partial charge in [-0.2, -0.15) is 5.10 Å². The Labute approximate surface area is 176 Å². The van der Waals surface area contributed by atoms with Crippen LogP contribution in [0.4, 0.5) is 5.69 Å². The molecule has 156 valence electrons. The molecular formula is C23H26N4O3. The number of aryl methyl sites for hydroxylation is 3. The summed E-state index contributed by atoms with van der Waals surface area (Å²) in [5.74, 6) is 0.225. The molecule has 30 heavy (non-hydrogen) atoms. The van der Waals surface area contributed by atoms with Crippen molar-refractivity contribution in [1.82, 2.24) is 15.1 Å². The van der Waals surface area contributed by atoms with Gasteiger partial charge in [0, 0.05) is 25.4 Å². The van der Waals surface area contributed by atoms with Crippen molar-refractivity contribution < 1.29 is 14.3 Å². The average molecular weight is 406 g/mol. The van der Waals surface area contributed by atoms with Crippen LogP contribution >= 0.6 is 0 Å². The summed E-state index contributed by atoms with van der Waals surface area (Å²) in [6, 6.07) is 13.2. The van der Waals surface area contributed by atoms with Crippen LogP contribution in [-0.4, -0.2) is 28.6 Å². The van der Waals surface area contributed by atoms with Gasteiger partial charge in [-0.25, -0.2) is 0 Å². The highest BCUT2D eigenvalue weighted by Gasteiger charge is 2.18. The molecule has 2 N–H and O–H groups in total. The Balaban J connectivity index is 1.68. The normalized spacial score (nSPS) is 10.5. The lowest BCUT2D eigenvalue weighted by Gasteiger charge is -2.12. The van der Waals surface area contributed by atoms with Gasteiger partial charge in [0.15, 0.2) is 5.69 Å². The molecule has 0 bridgehead atoms. The van der Waals surface area contributed by atoms with Crippen LogP contribution in [0.15, 0.2) is 48.7 Å². The van der Waals surface area contributed by atoms with Gasteiger partial charge in [0.05, 0.1) is 5.69 Å². The smallest absolute Gasteiger partial charge is 0.273 e. The van der Waals surface area contributed by atoms with Gasteiger partial charge >= 0.3 is 0 Å². The molecule has 0 atom stereocenters. The van der Waals surface area contributed by atoms with Crippen molar-refractivity contribution in [3.05, 3.63) is 76.6 Å². The number of carbonyl (C=O) groups is 2. The van der Waals surface area contributed by atoms with Gasteiger partial charge in [-0.3, -0.25) is 14.3 Å². The Bertz CT molecular complexity index is 1030. The van der Waals surface area contributed by atoms with Crippen molar-refractivity contribution in [2.45, 2.75) is 33.9 Å². The third-order valence-electron chi connectivity index (χ3n) is 4.78. The van der Waals surface area contributed by atoms with E-state index in [1.807, 2.05) is 51.1 Å². The van der Waals surface area contributed by atoms with Crippen LogP contribution in [0.25, 0.3) is 0 Å². The molecule has 7 nitrogen and oxygen atoms in total. The Morgan fingerprint density at radius 3 is 2.30 bits per heavy atom. The quantitative estimate of drug-likeness (QED) is 0.626. The summed E-state index contributed by atoms with van der Waals surface area (Å²) in [6.07, 6.45) is 1.65. The number of amides is 2. The summed E-state index contributed by atoms with van der Waals surface area (Å²) in [7, 11) is 1.53. The van der Waals surface area contributed by atoms with Crippen LogP contribution in [0, 0.1) is 13.8 Å². The first-order valence-electron chi connectivity index (χ1n) is 9.81. The molecule has 0 aliphatic heterocycles. The second-order valence-electron chi connectivity index (χ2n) is 6.99. The minimum atomic E-state index is -0.350. The molecule has 2 aromatic carbocycles. The zero-order chi connectivity index (χ0) is 21.7. The molecule has 2 amide bonds. The number of rotatable bonds is 7. The van der Waals surface area contributed by atoms with E-state index >= 15 is 0 Å². The van der Waals surface area contributed by atoms with E-state index in [9.17, 15) is 9.59 Å². The number of aromatic nitrogens is 2. The van der Waals surface area contributed by atoms with Crippen molar-refractivity contribution in [2.75, 3.05) is 12.4 Å². The maximum Gasteiger partial charge on any atom is 0.273 e. The monoisotopic (exact) mass is 406 g/mol. The van der Waals surface area contributed by atoms with E-state index in [1.165, 1.54) is 7.05 Å². The maximum absolute atomic E-state index is 12.6. The first-order chi connectivity index (χ1) is 14.4. The number of benzene rings is 2. The maximum atomic E-state index is 12.6. The van der Waals surface area contributed by atoms with Gasteiger partial charge in [0.25, 0.3) is 11.8 Å². The fraction of sp³-hybridized carbons (Fsp3) is 0.261. The zero-order valence-electron chi connectivity index (χ0n) is 17.7. The van der Waals surface area contributed by atoms with Crippen LogP contribution in [0.5, 0.6) is 5.75 Å². The lowest BCUT2D eigenvalue weighted by Crippen LogP contribution is -2.21. The number of nitrogens with zero attached hydrogens (tertiary/aromatic N) is 2. The molecule has 0 saturated carbocycles. The third kappa shape index (κ3) is 4.68.